The Morgan fingerprint density at radius 2 is 1.92 bits per heavy atom. The van der Waals surface area contributed by atoms with Gasteiger partial charge in [-0.3, -0.25) is 9.59 Å². The van der Waals surface area contributed by atoms with Gasteiger partial charge in [0.15, 0.2) is 0 Å². The van der Waals surface area contributed by atoms with E-state index in [1.165, 1.54) is 6.21 Å². The Morgan fingerprint density at radius 1 is 1.15 bits per heavy atom. The van der Waals surface area contributed by atoms with Crippen LogP contribution in [0, 0.1) is 0 Å². The number of nitrogens with zero attached hydrogens (tertiary/aromatic N) is 3. The third-order valence-corrected chi connectivity index (χ3v) is 3.95. The highest BCUT2D eigenvalue weighted by atomic mass is 79.9. The molecule has 7 nitrogen and oxygen atoms in total. The summed E-state index contributed by atoms with van der Waals surface area (Å²) in [5.74, 6) is -2.09. The number of amides is 2. The van der Waals surface area contributed by atoms with Gasteiger partial charge in [0.25, 0.3) is 0 Å². The average molecular weight is 412 g/mol. The van der Waals surface area contributed by atoms with Gasteiger partial charge >= 0.3 is 11.8 Å². The molecule has 0 radical (unpaired) electrons. The molecular weight excluding hydrogens is 398 g/mol. The summed E-state index contributed by atoms with van der Waals surface area (Å²) >= 11 is 3.45. The predicted molar refractivity (Wildman–Crippen MR) is 102 cm³/mol. The van der Waals surface area contributed by atoms with Crippen molar-refractivity contribution in [2.24, 2.45) is 10.8 Å². The number of hydrogen-bond acceptors (Lipinski definition) is 4. The van der Waals surface area contributed by atoms with E-state index in [-0.39, 0.29) is 0 Å². The van der Waals surface area contributed by atoms with Crippen LogP contribution in [0.2, 0.25) is 0 Å². The summed E-state index contributed by atoms with van der Waals surface area (Å²) in [6.45, 7) is 0. The normalized spacial score (nSPS) is 10.8. The lowest BCUT2D eigenvalue weighted by Gasteiger charge is -2.01. The summed E-state index contributed by atoms with van der Waals surface area (Å²) in [6, 6.07) is 17.3. The van der Waals surface area contributed by atoms with Crippen molar-refractivity contribution in [1.82, 2.24) is 15.2 Å². The first-order chi connectivity index (χ1) is 12.5. The summed E-state index contributed by atoms with van der Waals surface area (Å²) in [7, 11) is 0. The minimum atomic E-state index is -1.10. The maximum atomic E-state index is 11.2. The van der Waals surface area contributed by atoms with Gasteiger partial charge in [0, 0.05) is 21.8 Å². The number of carbonyl (C=O) groups excluding carboxylic acids is 2. The molecule has 2 aromatic carbocycles. The molecule has 0 spiro atoms. The molecule has 2 amide bonds. The molecule has 0 fully saturated rings. The van der Waals surface area contributed by atoms with Crippen LogP contribution in [0.5, 0.6) is 0 Å². The van der Waals surface area contributed by atoms with E-state index in [4.69, 9.17) is 5.73 Å². The largest absolute Gasteiger partial charge is 0.361 e. The summed E-state index contributed by atoms with van der Waals surface area (Å²) in [5.41, 5.74) is 10.1. The van der Waals surface area contributed by atoms with Gasteiger partial charge in [-0.15, -0.1) is 0 Å². The van der Waals surface area contributed by atoms with Crippen molar-refractivity contribution < 1.29 is 9.59 Å². The maximum Gasteiger partial charge on any atom is 0.329 e. The van der Waals surface area contributed by atoms with E-state index >= 15 is 0 Å². The highest BCUT2D eigenvalue weighted by Crippen LogP contribution is 2.25. The molecule has 0 aliphatic carbocycles. The zero-order valence-corrected chi connectivity index (χ0v) is 15.1. The number of rotatable bonds is 4. The van der Waals surface area contributed by atoms with E-state index in [0.717, 1.165) is 15.7 Å². The molecule has 8 heteroatoms. The first kappa shape index (κ1) is 17.6. The van der Waals surface area contributed by atoms with Gasteiger partial charge in [-0.1, -0.05) is 46.3 Å². The monoisotopic (exact) mass is 411 g/mol. The third-order valence-electron chi connectivity index (χ3n) is 3.45. The Labute approximate surface area is 157 Å². The fourth-order valence-corrected chi connectivity index (χ4v) is 2.67. The van der Waals surface area contributed by atoms with Gasteiger partial charge < -0.3 is 5.73 Å². The minimum Gasteiger partial charge on any atom is -0.361 e. The number of para-hydroxylation sites is 1. The molecule has 0 atom stereocenters. The molecule has 3 N–H and O–H groups in total. The summed E-state index contributed by atoms with van der Waals surface area (Å²) in [4.78, 5) is 22.0. The van der Waals surface area contributed by atoms with Crippen molar-refractivity contribution in [2.75, 3.05) is 0 Å². The molecule has 3 aromatic rings. The first-order valence-electron chi connectivity index (χ1n) is 7.58. The molecule has 0 aliphatic rings. The van der Waals surface area contributed by atoms with Crippen LogP contribution in [0.1, 0.15) is 5.56 Å². The smallest absolute Gasteiger partial charge is 0.329 e. The lowest BCUT2D eigenvalue weighted by molar-refractivity contribution is -0.137. The van der Waals surface area contributed by atoms with Gasteiger partial charge in [0.2, 0.25) is 0 Å². The molecule has 0 saturated carbocycles. The van der Waals surface area contributed by atoms with E-state index in [9.17, 15) is 9.59 Å². The standard InChI is InChI=1S/C18H14BrN5O2/c19-14-6-4-5-12(9-14)16-13(10-21-22-18(26)17(20)25)11-24(23-16)15-7-2-1-3-8-15/h1-11H,(H2,20,25)(H,22,26)/b21-10-. The summed E-state index contributed by atoms with van der Waals surface area (Å²) in [6.07, 6.45) is 3.20. The predicted octanol–water partition coefficient (Wildman–Crippen LogP) is 2.24. The van der Waals surface area contributed by atoms with Crippen molar-refractivity contribution in [1.29, 1.82) is 0 Å². The topological polar surface area (TPSA) is 102 Å². The lowest BCUT2D eigenvalue weighted by atomic mass is 10.1. The molecule has 26 heavy (non-hydrogen) atoms. The number of hydrazone groups is 1. The van der Waals surface area contributed by atoms with Crippen molar-refractivity contribution in [3.8, 4) is 16.9 Å². The van der Waals surface area contributed by atoms with Gasteiger partial charge in [-0.2, -0.15) is 10.2 Å². The number of hydrogen-bond donors (Lipinski definition) is 2. The quantitative estimate of drug-likeness (QED) is 0.390. The second kappa shape index (κ2) is 7.75. The van der Waals surface area contributed by atoms with Crippen molar-refractivity contribution >= 4 is 34.0 Å². The highest BCUT2D eigenvalue weighted by Gasteiger charge is 2.12. The van der Waals surface area contributed by atoms with Gasteiger partial charge in [-0.05, 0) is 24.3 Å². The molecule has 0 unspecified atom stereocenters. The fourth-order valence-electron chi connectivity index (χ4n) is 2.27. The molecule has 3 rings (SSSR count). The van der Waals surface area contributed by atoms with Gasteiger partial charge in [0.05, 0.1) is 11.9 Å². The van der Waals surface area contributed by atoms with Crippen LogP contribution >= 0.6 is 15.9 Å². The van der Waals surface area contributed by atoms with E-state index < -0.39 is 11.8 Å². The number of benzene rings is 2. The van der Waals surface area contributed by atoms with Gasteiger partial charge in [0.1, 0.15) is 5.69 Å². The number of aromatic nitrogens is 2. The van der Waals surface area contributed by atoms with Crippen LogP contribution < -0.4 is 11.2 Å². The van der Waals surface area contributed by atoms with E-state index in [1.54, 1.807) is 10.9 Å². The summed E-state index contributed by atoms with van der Waals surface area (Å²) in [5, 5.41) is 8.41. The van der Waals surface area contributed by atoms with E-state index in [2.05, 4.69) is 31.6 Å². The molecular formula is C18H14BrN5O2. The van der Waals surface area contributed by atoms with Gasteiger partial charge in [-0.25, -0.2) is 10.1 Å². The lowest BCUT2D eigenvalue weighted by Crippen LogP contribution is -2.32. The zero-order valence-electron chi connectivity index (χ0n) is 13.5. The van der Waals surface area contributed by atoms with Crippen molar-refractivity contribution in [3.63, 3.8) is 0 Å². The molecule has 1 heterocycles. The Bertz CT molecular complexity index is 982. The Kier molecular flexibility index (Phi) is 5.23. The van der Waals surface area contributed by atoms with Crippen LogP contribution in [0.3, 0.4) is 0 Å². The number of nitrogens with one attached hydrogen (secondary N) is 1. The number of primary amides is 1. The molecule has 130 valence electrons. The average Bonchev–Trinajstić information content (AvgIpc) is 3.06. The van der Waals surface area contributed by atoms with Crippen molar-refractivity contribution in [3.05, 3.63) is 70.8 Å². The van der Waals surface area contributed by atoms with Crippen LogP contribution in [0.4, 0.5) is 0 Å². The second-order valence-electron chi connectivity index (χ2n) is 5.29. The van der Waals surface area contributed by atoms with Crippen molar-refractivity contribution in [2.45, 2.75) is 0 Å². The zero-order chi connectivity index (χ0) is 18.5. The Hall–Kier alpha value is -3.26. The number of halogens is 1. The first-order valence-corrected chi connectivity index (χ1v) is 8.38. The highest BCUT2D eigenvalue weighted by molar-refractivity contribution is 9.10. The summed E-state index contributed by atoms with van der Waals surface area (Å²) < 4.78 is 2.63. The molecule has 0 saturated heterocycles. The van der Waals surface area contributed by atoms with Crippen LogP contribution in [-0.4, -0.2) is 27.8 Å². The Morgan fingerprint density at radius 3 is 2.62 bits per heavy atom. The third kappa shape index (κ3) is 4.04. The van der Waals surface area contributed by atoms with E-state index in [0.29, 0.717) is 11.3 Å². The van der Waals surface area contributed by atoms with Crippen LogP contribution in [-0.2, 0) is 9.59 Å². The number of nitrogens with two attached hydrogens (primary N) is 1. The minimum absolute atomic E-state index is 0.664. The fraction of sp³-hybridized carbons (Fsp3) is 0. The SMILES string of the molecule is NC(=O)C(=O)N/N=C\c1cn(-c2ccccc2)nc1-c1cccc(Br)c1. The second-order valence-corrected chi connectivity index (χ2v) is 6.20. The van der Waals surface area contributed by atoms with Crippen LogP contribution in [0.15, 0.2) is 70.4 Å². The molecule has 0 bridgehead atoms. The molecule has 1 aromatic heterocycles. The maximum absolute atomic E-state index is 11.2. The molecule has 0 aliphatic heterocycles. The van der Waals surface area contributed by atoms with Crippen LogP contribution in [0.25, 0.3) is 16.9 Å². The van der Waals surface area contributed by atoms with E-state index in [1.807, 2.05) is 54.6 Å². The Balaban J connectivity index is 2.00. The number of carbonyl (C=O) groups is 2.